The van der Waals surface area contributed by atoms with Crippen molar-refractivity contribution in [1.29, 1.82) is 0 Å². The van der Waals surface area contributed by atoms with Gasteiger partial charge in [-0.1, -0.05) is 35.9 Å². The highest BCUT2D eigenvalue weighted by molar-refractivity contribution is 6.31. The number of rotatable bonds is 7. The number of benzene rings is 2. The molecule has 34 heavy (non-hydrogen) atoms. The van der Waals surface area contributed by atoms with E-state index in [1.54, 1.807) is 0 Å². The van der Waals surface area contributed by atoms with Crippen LogP contribution in [0, 0.1) is 5.82 Å². The van der Waals surface area contributed by atoms with Gasteiger partial charge in [-0.15, -0.1) is 0 Å². The third-order valence-corrected chi connectivity index (χ3v) is 6.37. The number of likely N-dealkylation sites (tertiary alicyclic amines) is 2. The second-order valence-corrected chi connectivity index (χ2v) is 8.98. The number of amides is 2. The fourth-order valence-electron chi connectivity index (χ4n) is 4.02. The van der Waals surface area contributed by atoms with Gasteiger partial charge in [0.25, 0.3) is 5.91 Å². The van der Waals surface area contributed by atoms with Gasteiger partial charge in [0.2, 0.25) is 0 Å². The van der Waals surface area contributed by atoms with Gasteiger partial charge in [0.15, 0.2) is 0 Å². The van der Waals surface area contributed by atoms with Crippen LogP contribution in [0.5, 0.6) is 5.75 Å². The molecule has 0 saturated carbocycles. The molecule has 2 heterocycles. The number of halogens is 2. The van der Waals surface area contributed by atoms with Gasteiger partial charge in [-0.25, -0.2) is 9.18 Å². The van der Waals surface area contributed by atoms with Crippen LogP contribution in [0.25, 0.3) is 6.08 Å². The van der Waals surface area contributed by atoms with Crippen molar-refractivity contribution in [2.75, 3.05) is 32.7 Å². The zero-order valence-electron chi connectivity index (χ0n) is 18.6. The molecule has 2 aromatic carbocycles. The van der Waals surface area contributed by atoms with E-state index in [0.29, 0.717) is 18.7 Å². The topological polar surface area (TPSA) is 82.1 Å². The van der Waals surface area contributed by atoms with Crippen LogP contribution < -0.4 is 10.1 Å². The number of carbonyl (C=O) groups is 2. The number of nitrogens with zero attached hydrogens (tertiary/aromatic N) is 2. The van der Waals surface area contributed by atoms with E-state index < -0.39 is 11.9 Å². The summed E-state index contributed by atoms with van der Waals surface area (Å²) in [5.74, 6) is -0.0324. The van der Waals surface area contributed by atoms with E-state index in [0.717, 1.165) is 43.8 Å². The summed E-state index contributed by atoms with van der Waals surface area (Å²) < 4.78 is 19.1. The van der Waals surface area contributed by atoms with Crippen LogP contribution >= 0.6 is 11.6 Å². The Balaban J connectivity index is 1.16. The summed E-state index contributed by atoms with van der Waals surface area (Å²) in [5, 5.41) is 11.8. The third kappa shape index (κ3) is 6.27. The molecule has 7 nitrogen and oxygen atoms in total. The van der Waals surface area contributed by atoms with Crippen molar-refractivity contribution >= 4 is 29.7 Å². The molecular formula is C25H27ClFN3O4. The highest BCUT2D eigenvalue weighted by Gasteiger charge is 2.32. The lowest BCUT2D eigenvalue weighted by Crippen LogP contribution is -2.55. The van der Waals surface area contributed by atoms with Crippen LogP contribution in [0.4, 0.5) is 9.18 Å². The molecule has 0 aliphatic carbocycles. The number of ether oxygens (including phenoxy) is 1. The van der Waals surface area contributed by atoms with Crippen LogP contribution in [0.15, 0.2) is 48.5 Å². The van der Waals surface area contributed by atoms with Gasteiger partial charge in [-0.2, -0.15) is 0 Å². The van der Waals surface area contributed by atoms with Crippen LogP contribution in [0.1, 0.15) is 28.8 Å². The fraction of sp³-hybridized carbons (Fsp3) is 0.360. The van der Waals surface area contributed by atoms with Crippen LogP contribution in [0.2, 0.25) is 5.02 Å². The van der Waals surface area contributed by atoms with E-state index in [4.69, 9.17) is 21.4 Å². The summed E-state index contributed by atoms with van der Waals surface area (Å²) in [6, 6.07) is 11.8. The first-order chi connectivity index (χ1) is 16.4. The molecule has 2 N–H and O–H groups in total. The Morgan fingerprint density at radius 1 is 1.15 bits per heavy atom. The Bertz CT molecular complexity index is 1050. The van der Waals surface area contributed by atoms with E-state index in [9.17, 15) is 14.0 Å². The van der Waals surface area contributed by atoms with Crippen molar-refractivity contribution in [3.63, 3.8) is 0 Å². The average Bonchev–Trinajstić information content (AvgIpc) is 2.79. The van der Waals surface area contributed by atoms with Gasteiger partial charge in [0.05, 0.1) is 18.1 Å². The monoisotopic (exact) mass is 487 g/mol. The molecule has 2 aromatic rings. The number of carboxylic acid groups (broad SMARTS) is 1. The quantitative estimate of drug-likeness (QED) is 0.613. The van der Waals surface area contributed by atoms with Crippen molar-refractivity contribution in [2.45, 2.75) is 25.0 Å². The Morgan fingerprint density at radius 2 is 1.85 bits per heavy atom. The first kappa shape index (κ1) is 24.0. The summed E-state index contributed by atoms with van der Waals surface area (Å²) in [4.78, 5) is 26.8. The van der Waals surface area contributed by atoms with Gasteiger partial charge in [0, 0.05) is 31.2 Å². The standard InChI is InChI=1S/C25H27ClFN3O4/c26-22-14-18(5-8-23(22)27)24(31)28-19-9-12-29(13-10-19)11-1-2-17-3-6-20(7-4-17)34-21-15-30(16-21)25(32)33/h1-8,14,19,21H,9-13,15-16H2,(H,28,31)(H,32,33)/b2-1+. The molecule has 9 heteroatoms. The molecule has 0 unspecified atom stereocenters. The maximum Gasteiger partial charge on any atom is 0.407 e. The molecule has 2 aliphatic heterocycles. The fourth-order valence-corrected chi connectivity index (χ4v) is 4.20. The number of piperidine rings is 1. The van der Waals surface area contributed by atoms with E-state index in [-0.39, 0.29) is 23.1 Å². The Kier molecular flexibility index (Phi) is 7.70. The zero-order valence-corrected chi connectivity index (χ0v) is 19.4. The molecule has 2 saturated heterocycles. The predicted octanol–water partition coefficient (Wildman–Crippen LogP) is 4.13. The molecular weight excluding hydrogens is 461 g/mol. The van der Waals surface area contributed by atoms with Crippen LogP contribution in [-0.4, -0.2) is 71.8 Å². The van der Waals surface area contributed by atoms with E-state index in [1.165, 1.54) is 23.1 Å². The summed E-state index contributed by atoms with van der Waals surface area (Å²) in [6.45, 7) is 3.37. The normalized spacial score (nSPS) is 17.5. The second-order valence-electron chi connectivity index (χ2n) is 8.58. The molecule has 0 spiro atoms. The average molecular weight is 488 g/mol. The van der Waals surface area contributed by atoms with Crippen molar-refractivity contribution in [3.05, 3.63) is 70.5 Å². The Morgan fingerprint density at radius 3 is 2.50 bits per heavy atom. The number of carbonyl (C=O) groups excluding carboxylic acids is 1. The van der Waals surface area contributed by atoms with E-state index in [2.05, 4.69) is 22.4 Å². The minimum absolute atomic E-state index is 0.0538. The second kappa shape index (κ2) is 10.9. The first-order valence-corrected chi connectivity index (χ1v) is 11.6. The van der Waals surface area contributed by atoms with Gasteiger partial charge in [0.1, 0.15) is 17.7 Å². The van der Waals surface area contributed by atoms with Crippen molar-refractivity contribution in [3.8, 4) is 5.75 Å². The lowest BCUT2D eigenvalue weighted by molar-refractivity contribution is 0.0252. The minimum Gasteiger partial charge on any atom is -0.487 e. The van der Waals surface area contributed by atoms with Crippen molar-refractivity contribution in [1.82, 2.24) is 15.1 Å². The Hall–Kier alpha value is -3.10. The van der Waals surface area contributed by atoms with E-state index >= 15 is 0 Å². The van der Waals surface area contributed by atoms with Gasteiger partial charge < -0.3 is 20.1 Å². The van der Waals surface area contributed by atoms with Crippen molar-refractivity contribution in [2.24, 2.45) is 0 Å². The Labute approximate surface area is 202 Å². The largest absolute Gasteiger partial charge is 0.487 e. The van der Waals surface area contributed by atoms with Crippen molar-refractivity contribution < 1.29 is 23.8 Å². The molecule has 0 aromatic heterocycles. The molecule has 0 atom stereocenters. The molecule has 2 amide bonds. The summed E-state index contributed by atoms with van der Waals surface area (Å²) >= 11 is 5.77. The molecule has 0 radical (unpaired) electrons. The number of hydrogen-bond acceptors (Lipinski definition) is 4. The van der Waals surface area contributed by atoms with E-state index in [1.807, 2.05) is 24.3 Å². The van der Waals surface area contributed by atoms with Gasteiger partial charge in [-0.05, 0) is 48.7 Å². The summed E-state index contributed by atoms with van der Waals surface area (Å²) in [5.41, 5.74) is 1.43. The first-order valence-electron chi connectivity index (χ1n) is 11.3. The highest BCUT2D eigenvalue weighted by atomic mass is 35.5. The summed E-state index contributed by atoms with van der Waals surface area (Å²) in [7, 11) is 0. The lowest BCUT2D eigenvalue weighted by Gasteiger charge is -2.36. The smallest absolute Gasteiger partial charge is 0.407 e. The third-order valence-electron chi connectivity index (χ3n) is 6.08. The number of nitrogens with one attached hydrogen (secondary N) is 1. The van der Waals surface area contributed by atoms with Crippen LogP contribution in [0.3, 0.4) is 0 Å². The predicted molar refractivity (Wildman–Crippen MR) is 128 cm³/mol. The van der Waals surface area contributed by atoms with Crippen LogP contribution in [-0.2, 0) is 0 Å². The SMILES string of the molecule is O=C(NC1CCN(C/C=C/c2ccc(OC3CN(C(=O)O)C3)cc2)CC1)c1ccc(F)c(Cl)c1. The maximum absolute atomic E-state index is 13.3. The number of hydrogen-bond donors (Lipinski definition) is 2. The van der Waals surface area contributed by atoms with Gasteiger partial charge >= 0.3 is 6.09 Å². The summed E-state index contributed by atoms with van der Waals surface area (Å²) in [6.07, 6.45) is 4.88. The highest BCUT2D eigenvalue weighted by Crippen LogP contribution is 2.20. The molecule has 2 fully saturated rings. The lowest BCUT2D eigenvalue weighted by atomic mass is 10.0. The molecule has 0 bridgehead atoms. The maximum atomic E-state index is 13.3. The zero-order chi connectivity index (χ0) is 24.1. The van der Waals surface area contributed by atoms with Gasteiger partial charge in [-0.3, -0.25) is 9.69 Å². The molecule has 2 aliphatic rings. The molecule has 180 valence electrons. The minimum atomic E-state index is -0.912. The molecule has 4 rings (SSSR count).